The molecule has 0 aliphatic heterocycles. The van der Waals surface area contributed by atoms with Crippen LogP contribution in [-0.2, 0) is 0 Å². The van der Waals surface area contributed by atoms with Gasteiger partial charge in [-0.15, -0.1) is 0 Å². The average Bonchev–Trinajstić information content (AvgIpc) is 3.12. The lowest BCUT2D eigenvalue weighted by atomic mass is 9.86. The van der Waals surface area contributed by atoms with Crippen molar-refractivity contribution in [3.05, 3.63) is 89.0 Å². The third kappa shape index (κ3) is 4.09. The van der Waals surface area contributed by atoms with E-state index < -0.39 is 0 Å². The Morgan fingerprint density at radius 2 is 1.44 bits per heavy atom. The summed E-state index contributed by atoms with van der Waals surface area (Å²) in [5, 5.41) is 1.32. The van der Waals surface area contributed by atoms with Gasteiger partial charge < -0.3 is 0 Å². The second-order valence-corrected chi connectivity index (χ2v) is 10.7. The molecule has 0 radical (unpaired) electrons. The SMILES string of the molecule is Cc1ccc(-c2cc(C3CCC(C)(C)C3)c3ccc(-c4cc(C)cc(C)c4)nc3c2)cc1. The number of fused-ring (bicyclic) bond motifs is 1. The Kier molecular flexibility index (Phi) is 5.16. The third-order valence-electron chi connectivity index (χ3n) is 7.15. The van der Waals surface area contributed by atoms with Crippen molar-refractivity contribution < 1.29 is 0 Å². The number of hydrogen-bond donors (Lipinski definition) is 0. The molecule has 3 aromatic carbocycles. The summed E-state index contributed by atoms with van der Waals surface area (Å²) in [5.74, 6) is 0.603. The second kappa shape index (κ2) is 7.89. The van der Waals surface area contributed by atoms with Crippen LogP contribution < -0.4 is 0 Å². The van der Waals surface area contributed by atoms with Crippen molar-refractivity contribution >= 4 is 10.9 Å². The van der Waals surface area contributed by atoms with Gasteiger partial charge in [-0.1, -0.05) is 73.0 Å². The number of nitrogens with zero attached hydrogens (tertiary/aromatic N) is 1. The molecule has 1 unspecified atom stereocenters. The predicted octanol–water partition coefficient (Wildman–Crippen LogP) is 8.79. The van der Waals surface area contributed by atoms with E-state index in [4.69, 9.17) is 4.98 Å². The highest BCUT2D eigenvalue weighted by Gasteiger charge is 2.32. The first kappa shape index (κ1) is 20.9. The van der Waals surface area contributed by atoms with Gasteiger partial charge in [0.2, 0.25) is 0 Å². The summed E-state index contributed by atoms with van der Waals surface area (Å²) in [6.45, 7) is 11.3. The van der Waals surface area contributed by atoms with Crippen LogP contribution in [-0.4, -0.2) is 4.98 Å². The highest BCUT2D eigenvalue weighted by atomic mass is 14.7. The molecule has 0 spiro atoms. The zero-order valence-corrected chi connectivity index (χ0v) is 20.0. The van der Waals surface area contributed by atoms with Gasteiger partial charge in [0.15, 0.2) is 0 Å². The molecule has 0 bridgehead atoms. The molecular weight excluding hydrogens is 386 g/mol. The zero-order chi connectivity index (χ0) is 22.5. The molecule has 1 fully saturated rings. The summed E-state index contributed by atoms with van der Waals surface area (Å²) in [6, 6.07) is 24.9. The first-order valence-corrected chi connectivity index (χ1v) is 11.9. The van der Waals surface area contributed by atoms with Crippen LogP contribution in [0.25, 0.3) is 33.3 Å². The van der Waals surface area contributed by atoms with Gasteiger partial charge in [-0.3, -0.25) is 0 Å². The lowest BCUT2D eigenvalue weighted by molar-refractivity contribution is 0.376. The molecule has 1 aliphatic rings. The number of aryl methyl sites for hydroxylation is 3. The van der Waals surface area contributed by atoms with E-state index in [0.717, 1.165) is 11.2 Å². The second-order valence-electron chi connectivity index (χ2n) is 10.7. The molecule has 162 valence electrons. The van der Waals surface area contributed by atoms with Gasteiger partial charge >= 0.3 is 0 Å². The van der Waals surface area contributed by atoms with Crippen molar-refractivity contribution in [3.63, 3.8) is 0 Å². The van der Waals surface area contributed by atoms with Gasteiger partial charge in [-0.2, -0.15) is 0 Å². The maximum Gasteiger partial charge on any atom is 0.0718 e. The van der Waals surface area contributed by atoms with E-state index in [1.54, 1.807) is 0 Å². The Balaban J connectivity index is 1.69. The van der Waals surface area contributed by atoms with Gasteiger partial charge in [0.25, 0.3) is 0 Å². The van der Waals surface area contributed by atoms with Gasteiger partial charge in [0.05, 0.1) is 11.2 Å². The number of aromatic nitrogens is 1. The molecule has 1 heteroatoms. The Hall–Kier alpha value is -2.93. The normalized spacial score (nSPS) is 17.7. The number of rotatable bonds is 3. The largest absolute Gasteiger partial charge is 0.248 e. The molecule has 0 amide bonds. The van der Waals surface area contributed by atoms with Crippen molar-refractivity contribution in [2.75, 3.05) is 0 Å². The van der Waals surface area contributed by atoms with E-state index >= 15 is 0 Å². The molecule has 4 aromatic rings. The van der Waals surface area contributed by atoms with Crippen LogP contribution in [0.15, 0.2) is 66.7 Å². The van der Waals surface area contributed by atoms with E-state index in [-0.39, 0.29) is 0 Å². The van der Waals surface area contributed by atoms with Crippen LogP contribution in [0.2, 0.25) is 0 Å². The number of pyridine rings is 1. The lowest BCUT2D eigenvalue weighted by Gasteiger charge is -2.20. The Morgan fingerprint density at radius 1 is 0.719 bits per heavy atom. The highest BCUT2D eigenvalue weighted by Crippen LogP contribution is 2.48. The molecule has 1 saturated carbocycles. The van der Waals surface area contributed by atoms with Crippen molar-refractivity contribution in [1.29, 1.82) is 0 Å². The molecule has 1 atom stereocenters. The van der Waals surface area contributed by atoms with E-state index in [9.17, 15) is 0 Å². The van der Waals surface area contributed by atoms with Crippen LogP contribution in [0.3, 0.4) is 0 Å². The minimum absolute atomic E-state index is 0.420. The van der Waals surface area contributed by atoms with E-state index in [2.05, 4.69) is 101 Å². The van der Waals surface area contributed by atoms with Crippen LogP contribution in [0.5, 0.6) is 0 Å². The topological polar surface area (TPSA) is 12.9 Å². The molecular formula is C31H33N. The highest BCUT2D eigenvalue weighted by molar-refractivity contribution is 5.90. The van der Waals surface area contributed by atoms with Gasteiger partial charge in [0, 0.05) is 10.9 Å². The lowest BCUT2D eigenvalue weighted by Crippen LogP contribution is -2.05. The molecule has 1 aromatic heterocycles. The van der Waals surface area contributed by atoms with Crippen molar-refractivity contribution in [2.24, 2.45) is 5.41 Å². The van der Waals surface area contributed by atoms with Crippen molar-refractivity contribution in [3.8, 4) is 22.4 Å². The Bertz CT molecular complexity index is 1270. The molecule has 32 heavy (non-hydrogen) atoms. The fraction of sp³-hybridized carbons (Fsp3) is 0.323. The summed E-state index contributed by atoms with van der Waals surface area (Å²) in [5.41, 5.74) is 11.7. The third-order valence-corrected chi connectivity index (χ3v) is 7.15. The number of hydrogen-bond acceptors (Lipinski definition) is 1. The summed E-state index contributed by atoms with van der Waals surface area (Å²) in [7, 11) is 0. The number of benzene rings is 3. The molecule has 1 aliphatic carbocycles. The molecule has 0 saturated heterocycles. The minimum Gasteiger partial charge on any atom is -0.248 e. The monoisotopic (exact) mass is 419 g/mol. The maximum atomic E-state index is 5.20. The van der Waals surface area contributed by atoms with Gasteiger partial charge in [-0.05, 0) is 92.3 Å². The fourth-order valence-electron chi connectivity index (χ4n) is 5.50. The summed E-state index contributed by atoms with van der Waals surface area (Å²) < 4.78 is 0. The van der Waals surface area contributed by atoms with E-state index in [1.807, 2.05) is 0 Å². The van der Waals surface area contributed by atoms with Gasteiger partial charge in [0.1, 0.15) is 0 Å². The maximum absolute atomic E-state index is 5.20. The smallest absolute Gasteiger partial charge is 0.0718 e. The van der Waals surface area contributed by atoms with Crippen molar-refractivity contribution in [2.45, 2.75) is 59.8 Å². The zero-order valence-electron chi connectivity index (χ0n) is 20.0. The molecule has 5 rings (SSSR count). The first-order valence-electron chi connectivity index (χ1n) is 11.9. The minimum atomic E-state index is 0.420. The predicted molar refractivity (Wildman–Crippen MR) is 137 cm³/mol. The molecule has 1 heterocycles. The van der Waals surface area contributed by atoms with Crippen LogP contribution in [0.1, 0.15) is 61.3 Å². The standard InChI is InChI=1S/C31H33N/c1-20-6-8-23(9-7-20)25-17-28(24-12-13-31(4,5)19-24)27-10-11-29(32-30(27)18-25)26-15-21(2)14-22(3)16-26/h6-11,14-18,24H,12-13,19H2,1-5H3. The van der Waals surface area contributed by atoms with Crippen LogP contribution >= 0.6 is 0 Å². The summed E-state index contributed by atoms with van der Waals surface area (Å²) >= 11 is 0. The van der Waals surface area contributed by atoms with Crippen LogP contribution in [0.4, 0.5) is 0 Å². The fourth-order valence-corrected chi connectivity index (χ4v) is 5.50. The Labute approximate surface area is 192 Å². The quantitative estimate of drug-likeness (QED) is 0.323. The van der Waals surface area contributed by atoms with E-state index in [0.29, 0.717) is 11.3 Å². The molecule has 1 nitrogen and oxygen atoms in total. The first-order chi connectivity index (χ1) is 15.3. The van der Waals surface area contributed by atoms with Gasteiger partial charge in [-0.25, -0.2) is 4.98 Å². The van der Waals surface area contributed by atoms with Crippen LogP contribution in [0, 0.1) is 26.2 Å². The average molecular weight is 420 g/mol. The summed E-state index contributed by atoms with van der Waals surface area (Å²) in [6.07, 6.45) is 3.80. The Morgan fingerprint density at radius 3 is 2.09 bits per heavy atom. The molecule has 0 N–H and O–H groups in total. The van der Waals surface area contributed by atoms with Crippen molar-refractivity contribution in [1.82, 2.24) is 4.98 Å². The van der Waals surface area contributed by atoms with E-state index in [1.165, 1.54) is 63.6 Å². The summed E-state index contributed by atoms with van der Waals surface area (Å²) in [4.78, 5) is 5.20.